The number of para-hydroxylation sites is 2. The van der Waals surface area contributed by atoms with Crippen LogP contribution in [0, 0.1) is 0 Å². The van der Waals surface area contributed by atoms with Gasteiger partial charge in [-0.25, -0.2) is 0 Å². The van der Waals surface area contributed by atoms with Gasteiger partial charge in [-0.05, 0) is 23.8 Å². The van der Waals surface area contributed by atoms with E-state index in [0.717, 1.165) is 53.7 Å². The van der Waals surface area contributed by atoms with Gasteiger partial charge in [0.2, 0.25) is 0 Å². The molecule has 2 N–H and O–H groups in total. The third kappa shape index (κ3) is 4.78. The molecule has 0 atom stereocenters. The van der Waals surface area contributed by atoms with Gasteiger partial charge < -0.3 is 15.1 Å². The minimum absolute atomic E-state index is 0.0505. The highest BCUT2D eigenvalue weighted by Crippen LogP contribution is 2.27. The van der Waals surface area contributed by atoms with Gasteiger partial charge in [0.1, 0.15) is 0 Å². The molecular weight excluding hydrogens is 382 g/mol. The number of benzene rings is 3. The Kier molecular flexibility index (Phi) is 6.13. The molecule has 0 aromatic heterocycles. The van der Waals surface area contributed by atoms with Crippen molar-refractivity contribution in [1.82, 2.24) is 0 Å². The summed E-state index contributed by atoms with van der Waals surface area (Å²) in [5.41, 5.74) is 4.08. The summed E-state index contributed by atoms with van der Waals surface area (Å²) in [6.07, 6.45) is 0. The lowest BCUT2D eigenvalue weighted by atomic mass is 10.0. The number of halogens is 1. The molecule has 148 valence electrons. The maximum absolute atomic E-state index is 12.7. The molecule has 1 amide bonds. The smallest absolute Gasteiger partial charge is 0.279 e. The highest BCUT2D eigenvalue weighted by molar-refractivity contribution is 6.33. The van der Waals surface area contributed by atoms with E-state index in [0.29, 0.717) is 6.54 Å². The topological polar surface area (TPSA) is 36.8 Å². The highest BCUT2D eigenvalue weighted by Gasteiger charge is 2.23. The number of nitrogens with one attached hydrogen (secondary N) is 2. The van der Waals surface area contributed by atoms with E-state index in [4.69, 9.17) is 11.6 Å². The molecule has 1 heterocycles. The number of hydrogen-bond acceptors (Lipinski definition) is 2. The number of piperazine rings is 1. The van der Waals surface area contributed by atoms with Crippen molar-refractivity contribution in [2.75, 3.05) is 42.9 Å². The zero-order valence-electron chi connectivity index (χ0n) is 16.3. The molecule has 3 aromatic carbocycles. The molecule has 0 spiro atoms. The Morgan fingerprint density at radius 1 is 0.897 bits per heavy atom. The zero-order valence-corrected chi connectivity index (χ0v) is 17.0. The first-order chi connectivity index (χ1) is 14.2. The van der Waals surface area contributed by atoms with Crippen LogP contribution in [0.1, 0.15) is 0 Å². The van der Waals surface area contributed by atoms with E-state index in [2.05, 4.69) is 28.4 Å². The van der Waals surface area contributed by atoms with Crippen molar-refractivity contribution in [3.63, 3.8) is 0 Å². The van der Waals surface area contributed by atoms with Crippen LogP contribution in [0.2, 0.25) is 5.02 Å². The summed E-state index contributed by atoms with van der Waals surface area (Å²) in [4.78, 5) is 16.3. The normalized spacial score (nSPS) is 14.6. The Balaban J connectivity index is 1.35. The Morgan fingerprint density at radius 3 is 2.31 bits per heavy atom. The maximum atomic E-state index is 12.7. The summed E-state index contributed by atoms with van der Waals surface area (Å²) in [6, 6.07) is 26.0. The second kappa shape index (κ2) is 9.12. The van der Waals surface area contributed by atoms with E-state index in [-0.39, 0.29) is 5.91 Å². The fourth-order valence-corrected chi connectivity index (χ4v) is 4.09. The van der Waals surface area contributed by atoms with Gasteiger partial charge in [0.25, 0.3) is 5.91 Å². The molecule has 1 aliphatic rings. The number of carbonyl (C=O) groups excluding carboxylic acids is 1. The second-order valence-electron chi connectivity index (χ2n) is 7.33. The predicted molar refractivity (Wildman–Crippen MR) is 120 cm³/mol. The third-order valence-electron chi connectivity index (χ3n) is 5.36. The molecule has 0 radical (unpaired) electrons. The molecule has 4 nitrogen and oxygen atoms in total. The Bertz CT molecular complexity index is 969. The summed E-state index contributed by atoms with van der Waals surface area (Å²) in [5, 5.41) is 3.90. The van der Waals surface area contributed by atoms with Gasteiger partial charge in [0.05, 0.1) is 36.9 Å². The molecule has 1 fully saturated rings. The van der Waals surface area contributed by atoms with E-state index >= 15 is 0 Å². The number of nitrogens with zero attached hydrogens (tertiary/aromatic N) is 1. The minimum Gasteiger partial charge on any atom is -0.359 e. The van der Waals surface area contributed by atoms with Crippen molar-refractivity contribution in [2.45, 2.75) is 0 Å². The third-order valence-corrected chi connectivity index (χ3v) is 5.68. The van der Waals surface area contributed by atoms with Crippen molar-refractivity contribution in [3.05, 3.63) is 83.9 Å². The highest BCUT2D eigenvalue weighted by atomic mass is 35.5. The number of hydrogen-bond donors (Lipinski definition) is 2. The summed E-state index contributed by atoms with van der Waals surface area (Å²) in [6.45, 7) is 4.09. The van der Waals surface area contributed by atoms with Crippen LogP contribution < -0.4 is 15.1 Å². The fourth-order valence-electron chi connectivity index (χ4n) is 3.83. The monoisotopic (exact) mass is 406 g/mol. The van der Waals surface area contributed by atoms with Gasteiger partial charge in [-0.15, -0.1) is 0 Å². The average molecular weight is 407 g/mol. The van der Waals surface area contributed by atoms with Gasteiger partial charge in [-0.1, -0.05) is 72.3 Å². The number of amides is 1. The molecule has 0 bridgehead atoms. The first kappa shape index (κ1) is 19.5. The van der Waals surface area contributed by atoms with Crippen LogP contribution >= 0.6 is 11.6 Å². The van der Waals surface area contributed by atoms with Crippen molar-refractivity contribution < 1.29 is 9.69 Å². The fraction of sp³-hybridized carbons (Fsp3) is 0.208. The van der Waals surface area contributed by atoms with Crippen LogP contribution in [0.3, 0.4) is 0 Å². The number of anilines is 2. The Hall–Kier alpha value is -2.82. The predicted octanol–water partition coefficient (Wildman–Crippen LogP) is 3.35. The molecule has 1 aliphatic heterocycles. The summed E-state index contributed by atoms with van der Waals surface area (Å²) in [5.74, 6) is 0.0505. The number of rotatable bonds is 5. The molecule has 0 aliphatic carbocycles. The van der Waals surface area contributed by atoms with Gasteiger partial charge in [-0.2, -0.15) is 0 Å². The average Bonchev–Trinajstić information content (AvgIpc) is 2.76. The number of carbonyl (C=O) groups is 1. The first-order valence-electron chi connectivity index (χ1n) is 9.98. The van der Waals surface area contributed by atoms with Gasteiger partial charge >= 0.3 is 0 Å². The van der Waals surface area contributed by atoms with Gasteiger partial charge in [0.15, 0.2) is 6.54 Å². The largest absolute Gasteiger partial charge is 0.359 e. The summed E-state index contributed by atoms with van der Waals surface area (Å²) >= 11 is 6.32. The Morgan fingerprint density at radius 2 is 1.55 bits per heavy atom. The molecule has 0 unspecified atom stereocenters. The lowest BCUT2D eigenvalue weighted by Crippen LogP contribution is -3.15. The van der Waals surface area contributed by atoms with Crippen LogP contribution in [0.15, 0.2) is 78.9 Å². The molecule has 1 saturated heterocycles. The molecule has 4 rings (SSSR count). The van der Waals surface area contributed by atoms with Crippen LogP contribution in [0.5, 0.6) is 0 Å². The summed E-state index contributed by atoms with van der Waals surface area (Å²) in [7, 11) is 0. The van der Waals surface area contributed by atoms with Crippen molar-refractivity contribution in [3.8, 4) is 11.1 Å². The van der Waals surface area contributed by atoms with Gasteiger partial charge in [0, 0.05) is 11.3 Å². The van der Waals surface area contributed by atoms with E-state index < -0.39 is 0 Å². The van der Waals surface area contributed by atoms with E-state index in [1.807, 2.05) is 60.7 Å². The van der Waals surface area contributed by atoms with Crippen molar-refractivity contribution >= 4 is 28.9 Å². The molecule has 5 heteroatoms. The lowest BCUT2D eigenvalue weighted by Gasteiger charge is -2.33. The Labute approximate surface area is 176 Å². The molecule has 29 heavy (non-hydrogen) atoms. The van der Waals surface area contributed by atoms with Crippen LogP contribution in [0.25, 0.3) is 11.1 Å². The zero-order chi connectivity index (χ0) is 20.1. The van der Waals surface area contributed by atoms with Crippen LogP contribution in [-0.4, -0.2) is 38.6 Å². The first-order valence-corrected chi connectivity index (χ1v) is 10.4. The number of quaternary nitrogens is 1. The van der Waals surface area contributed by atoms with E-state index in [1.165, 1.54) is 4.90 Å². The molecule has 0 saturated carbocycles. The van der Waals surface area contributed by atoms with E-state index in [9.17, 15) is 4.79 Å². The molecular formula is C24H25ClN3O+. The van der Waals surface area contributed by atoms with Crippen LogP contribution in [0.4, 0.5) is 11.4 Å². The summed E-state index contributed by atoms with van der Waals surface area (Å²) < 4.78 is 0. The SMILES string of the molecule is O=C(C[NH+]1CCN(c2ccccc2Cl)CC1)Nc1ccccc1-c1ccccc1. The van der Waals surface area contributed by atoms with Crippen molar-refractivity contribution in [2.24, 2.45) is 0 Å². The standard InChI is InChI=1S/C24H24ClN3O/c25-21-11-5-7-13-23(21)28-16-14-27(15-17-28)18-24(29)26-22-12-6-4-10-20(22)19-8-2-1-3-9-19/h1-13H,14-18H2,(H,26,29)/p+1. The van der Waals surface area contributed by atoms with Crippen molar-refractivity contribution in [1.29, 1.82) is 0 Å². The minimum atomic E-state index is 0.0505. The van der Waals surface area contributed by atoms with Gasteiger partial charge in [-0.3, -0.25) is 4.79 Å². The quantitative estimate of drug-likeness (QED) is 0.681. The van der Waals surface area contributed by atoms with E-state index in [1.54, 1.807) is 0 Å². The maximum Gasteiger partial charge on any atom is 0.279 e. The van der Waals surface area contributed by atoms with Crippen LogP contribution in [-0.2, 0) is 4.79 Å². The second-order valence-corrected chi connectivity index (χ2v) is 7.73. The molecule has 3 aromatic rings. The lowest BCUT2D eigenvalue weighted by molar-refractivity contribution is -0.892.